The molecule has 0 aliphatic rings. The van der Waals surface area contributed by atoms with Gasteiger partial charge < -0.3 is 4.90 Å². The van der Waals surface area contributed by atoms with Gasteiger partial charge in [0, 0.05) is 19.2 Å². The quantitative estimate of drug-likeness (QED) is 0.774. The van der Waals surface area contributed by atoms with E-state index in [0.717, 1.165) is 17.4 Å². The second-order valence-electron chi connectivity index (χ2n) is 3.64. The molecule has 0 saturated heterocycles. The highest BCUT2D eigenvalue weighted by Crippen LogP contribution is 2.29. The number of Topliss-reactive ketones (excluding diaryl/α,β-unsaturated/α-hetero) is 1. The van der Waals surface area contributed by atoms with Crippen molar-refractivity contribution in [3.8, 4) is 0 Å². The van der Waals surface area contributed by atoms with Crippen LogP contribution >= 0.6 is 11.3 Å². The minimum atomic E-state index is 0.0675. The first-order chi connectivity index (χ1) is 8.22. The summed E-state index contributed by atoms with van der Waals surface area (Å²) in [6.45, 7) is 4.47. The van der Waals surface area contributed by atoms with Gasteiger partial charge in [-0.05, 0) is 19.1 Å². The van der Waals surface area contributed by atoms with Gasteiger partial charge in [0.1, 0.15) is 0 Å². The van der Waals surface area contributed by atoms with E-state index in [2.05, 4.69) is 16.8 Å². The normalized spacial score (nSPS) is 10.2. The number of rotatable bonds is 4. The van der Waals surface area contributed by atoms with Crippen molar-refractivity contribution in [1.82, 2.24) is 4.98 Å². The van der Waals surface area contributed by atoms with Gasteiger partial charge in [-0.1, -0.05) is 29.5 Å². The lowest BCUT2D eigenvalue weighted by Crippen LogP contribution is -2.15. The molecule has 2 aromatic rings. The van der Waals surface area contributed by atoms with Crippen LogP contribution in [0.15, 0.2) is 36.5 Å². The van der Waals surface area contributed by atoms with Crippen LogP contribution in [0.1, 0.15) is 23.5 Å². The Morgan fingerprint density at radius 1 is 1.35 bits per heavy atom. The van der Waals surface area contributed by atoms with Crippen LogP contribution in [0.4, 0.5) is 10.8 Å². The van der Waals surface area contributed by atoms with E-state index in [1.807, 2.05) is 30.3 Å². The maximum absolute atomic E-state index is 11.3. The second-order valence-corrected chi connectivity index (χ2v) is 4.65. The fraction of sp³-hybridized carbons (Fsp3) is 0.231. The molecule has 0 N–H and O–H groups in total. The first-order valence-electron chi connectivity index (χ1n) is 5.51. The number of aromatic nitrogens is 1. The summed E-state index contributed by atoms with van der Waals surface area (Å²) in [7, 11) is 0. The smallest absolute Gasteiger partial charge is 0.190 e. The molecule has 0 fully saturated rings. The predicted octanol–water partition coefficient (Wildman–Crippen LogP) is 3.50. The number of hydrogen-bond donors (Lipinski definition) is 0. The van der Waals surface area contributed by atoms with E-state index in [-0.39, 0.29) is 5.78 Å². The van der Waals surface area contributed by atoms with Crippen molar-refractivity contribution in [1.29, 1.82) is 0 Å². The molecule has 0 atom stereocenters. The summed E-state index contributed by atoms with van der Waals surface area (Å²) in [4.78, 5) is 18.4. The van der Waals surface area contributed by atoms with E-state index in [0.29, 0.717) is 4.88 Å². The molecule has 0 saturated carbocycles. The van der Waals surface area contributed by atoms with Gasteiger partial charge in [0.15, 0.2) is 10.9 Å². The third-order valence-corrected chi connectivity index (χ3v) is 3.58. The molecular weight excluding hydrogens is 232 g/mol. The summed E-state index contributed by atoms with van der Waals surface area (Å²) in [6.07, 6.45) is 1.65. The molecule has 2 rings (SSSR count). The molecule has 4 heteroatoms. The molecule has 0 unspecified atom stereocenters. The van der Waals surface area contributed by atoms with Crippen molar-refractivity contribution in [2.24, 2.45) is 0 Å². The summed E-state index contributed by atoms with van der Waals surface area (Å²) in [5.41, 5.74) is 1.10. The Morgan fingerprint density at radius 3 is 2.59 bits per heavy atom. The standard InChI is InChI=1S/C13H14N2OS/c1-3-15(11-7-5-4-6-8-11)13-14-9-12(17-13)10(2)16/h4-9H,3H2,1-2H3. The van der Waals surface area contributed by atoms with Gasteiger partial charge >= 0.3 is 0 Å². The Balaban J connectivity index is 2.32. The van der Waals surface area contributed by atoms with Crippen molar-refractivity contribution in [2.45, 2.75) is 13.8 Å². The largest absolute Gasteiger partial charge is 0.318 e. The van der Waals surface area contributed by atoms with Gasteiger partial charge in [-0.25, -0.2) is 4.98 Å². The first kappa shape index (κ1) is 11.8. The molecule has 1 heterocycles. The minimum absolute atomic E-state index is 0.0675. The number of carbonyl (C=O) groups is 1. The predicted molar refractivity (Wildman–Crippen MR) is 71.2 cm³/mol. The molecule has 0 radical (unpaired) electrons. The molecule has 0 aliphatic heterocycles. The first-order valence-corrected chi connectivity index (χ1v) is 6.33. The second kappa shape index (κ2) is 5.10. The maximum Gasteiger partial charge on any atom is 0.190 e. The number of para-hydroxylation sites is 1. The Labute approximate surface area is 105 Å². The maximum atomic E-state index is 11.3. The van der Waals surface area contributed by atoms with Crippen LogP contribution in [0.25, 0.3) is 0 Å². The zero-order valence-electron chi connectivity index (χ0n) is 9.88. The van der Waals surface area contributed by atoms with Crippen LogP contribution in [0.2, 0.25) is 0 Å². The molecule has 0 amide bonds. The fourth-order valence-corrected chi connectivity index (χ4v) is 2.48. The van der Waals surface area contributed by atoms with Crippen LogP contribution in [0, 0.1) is 0 Å². The van der Waals surface area contributed by atoms with E-state index in [4.69, 9.17) is 0 Å². The Bertz CT molecular complexity index is 507. The number of benzene rings is 1. The highest BCUT2D eigenvalue weighted by molar-refractivity contribution is 7.17. The molecule has 88 valence electrons. The molecule has 17 heavy (non-hydrogen) atoms. The summed E-state index contributed by atoms with van der Waals surface area (Å²) < 4.78 is 0. The third kappa shape index (κ3) is 2.53. The number of nitrogens with zero attached hydrogens (tertiary/aromatic N) is 2. The Kier molecular flexibility index (Phi) is 3.54. The highest BCUT2D eigenvalue weighted by Gasteiger charge is 2.12. The van der Waals surface area contributed by atoms with Gasteiger partial charge in [0.25, 0.3) is 0 Å². The number of anilines is 2. The van der Waals surface area contributed by atoms with Gasteiger partial charge in [0.2, 0.25) is 0 Å². The summed E-state index contributed by atoms with van der Waals surface area (Å²) >= 11 is 1.43. The lowest BCUT2D eigenvalue weighted by molar-refractivity contribution is 0.102. The Hall–Kier alpha value is -1.68. The molecule has 1 aromatic carbocycles. The van der Waals surface area contributed by atoms with Crippen LogP contribution in [0.3, 0.4) is 0 Å². The van der Waals surface area contributed by atoms with Crippen molar-refractivity contribution >= 4 is 27.9 Å². The van der Waals surface area contributed by atoms with E-state index in [1.54, 1.807) is 13.1 Å². The molecule has 0 bridgehead atoms. The molecular formula is C13H14N2OS. The summed E-state index contributed by atoms with van der Waals surface area (Å²) in [5.74, 6) is 0.0675. The number of hydrogen-bond acceptors (Lipinski definition) is 4. The van der Waals surface area contributed by atoms with Crippen LogP contribution in [-0.2, 0) is 0 Å². The van der Waals surface area contributed by atoms with Gasteiger partial charge in [0.05, 0.1) is 11.1 Å². The van der Waals surface area contributed by atoms with Crippen molar-refractivity contribution in [3.05, 3.63) is 41.4 Å². The summed E-state index contributed by atoms with van der Waals surface area (Å²) in [6, 6.07) is 10.1. The topological polar surface area (TPSA) is 33.2 Å². The molecule has 3 nitrogen and oxygen atoms in total. The van der Waals surface area contributed by atoms with E-state index in [9.17, 15) is 4.79 Å². The van der Waals surface area contributed by atoms with Crippen LogP contribution in [0.5, 0.6) is 0 Å². The zero-order valence-corrected chi connectivity index (χ0v) is 10.7. The minimum Gasteiger partial charge on any atom is -0.318 e. The van der Waals surface area contributed by atoms with Crippen LogP contribution in [-0.4, -0.2) is 17.3 Å². The van der Waals surface area contributed by atoms with E-state index < -0.39 is 0 Å². The van der Waals surface area contributed by atoms with Gasteiger partial charge in [-0.15, -0.1) is 0 Å². The summed E-state index contributed by atoms with van der Waals surface area (Å²) in [5, 5.41) is 0.865. The third-order valence-electron chi connectivity index (χ3n) is 2.46. The fourth-order valence-electron chi connectivity index (χ4n) is 1.59. The average molecular weight is 246 g/mol. The average Bonchev–Trinajstić information content (AvgIpc) is 2.81. The van der Waals surface area contributed by atoms with Crippen molar-refractivity contribution in [2.75, 3.05) is 11.4 Å². The van der Waals surface area contributed by atoms with Crippen molar-refractivity contribution < 1.29 is 4.79 Å². The van der Waals surface area contributed by atoms with E-state index in [1.165, 1.54) is 11.3 Å². The molecule has 0 aliphatic carbocycles. The van der Waals surface area contributed by atoms with E-state index >= 15 is 0 Å². The monoisotopic (exact) mass is 246 g/mol. The van der Waals surface area contributed by atoms with Gasteiger partial charge in [-0.3, -0.25) is 4.79 Å². The lowest BCUT2D eigenvalue weighted by Gasteiger charge is -2.19. The van der Waals surface area contributed by atoms with Crippen molar-refractivity contribution in [3.63, 3.8) is 0 Å². The number of carbonyl (C=O) groups excluding carboxylic acids is 1. The van der Waals surface area contributed by atoms with Crippen LogP contribution < -0.4 is 4.90 Å². The molecule has 0 spiro atoms. The number of ketones is 1. The highest BCUT2D eigenvalue weighted by atomic mass is 32.1. The Morgan fingerprint density at radius 2 is 2.06 bits per heavy atom. The number of thiazole rings is 1. The zero-order chi connectivity index (χ0) is 12.3. The molecule has 1 aromatic heterocycles. The SMILES string of the molecule is CCN(c1ccccc1)c1ncc(C(C)=O)s1. The van der Waals surface area contributed by atoms with Gasteiger partial charge in [-0.2, -0.15) is 0 Å². The lowest BCUT2D eigenvalue weighted by atomic mass is 10.3.